The number of aromatic nitrogens is 2. The van der Waals surface area contributed by atoms with Crippen molar-refractivity contribution in [1.82, 2.24) is 15.2 Å². The lowest BCUT2D eigenvalue weighted by Crippen LogP contribution is -2.64. The molecular formula is C12H20N5+. The number of likely N-dealkylation sites (N-methyl/N-ethyl adjacent to an activating group) is 1. The van der Waals surface area contributed by atoms with Crippen molar-refractivity contribution in [2.24, 2.45) is 0 Å². The van der Waals surface area contributed by atoms with Crippen molar-refractivity contribution >= 4 is 0 Å². The Morgan fingerprint density at radius 3 is 2.94 bits per heavy atom. The number of piperazine rings is 1. The van der Waals surface area contributed by atoms with Crippen molar-refractivity contribution < 1.29 is 4.68 Å². The molecule has 0 amide bonds. The van der Waals surface area contributed by atoms with Gasteiger partial charge in [-0.05, 0) is 18.5 Å². The van der Waals surface area contributed by atoms with Crippen LogP contribution in [0.4, 0.5) is 0 Å². The zero-order valence-electron chi connectivity index (χ0n) is 10.4. The van der Waals surface area contributed by atoms with Gasteiger partial charge in [-0.15, -0.1) is 4.68 Å². The van der Waals surface area contributed by atoms with Crippen molar-refractivity contribution in [3.8, 4) is 0 Å². The maximum absolute atomic E-state index is 4.60. The third kappa shape index (κ3) is 2.25. The van der Waals surface area contributed by atoms with Gasteiger partial charge in [0.2, 0.25) is 0 Å². The van der Waals surface area contributed by atoms with E-state index in [1.54, 1.807) is 0 Å². The first-order chi connectivity index (χ1) is 8.33. The van der Waals surface area contributed by atoms with E-state index in [4.69, 9.17) is 0 Å². The molecule has 1 aromatic heterocycles. The maximum atomic E-state index is 4.60. The molecule has 0 spiro atoms. The molecule has 1 fully saturated rings. The van der Waals surface area contributed by atoms with Gasteiger partial charge >= 0.3 is 6.33 Å². The van der Waals surface area contributed by atoms with Gasteiger partial charge in [-0.2, -0.15) is 0 Å². The van der Waals surface area contributed by atoms with Crippen LogP contribution in [0.5, 0.6) is 0 Å². The fourth-order valence-electron chi connectivity index (χ4n) is 2.52. The summed E-state index contributed by atoms with van der Waals surface area (Å²) in [5.41, 5.74) is 2.65. The second kappa shape index (κ2) is 4.58. The highest BCUT2D eigenvalue weighted by Gasteiger charge is 2.22. The smallest absolute Gasteiger partial charge is 0.309 e. The Hall–Kier alpha value is -1.20. The summed E-state index contributed by atoms with van der Waals surface area (Å²) in [5.74, 6) is 0. The highest BCUT2D eigenvalue weighted by atomic mass is 15.6. The molecule has 0 atom stereocenters. The maximum Gasteiger partial charge on any atom is 0.309 e. The molecule has 17 heavy (non-hydrogen) atoms. The summed E-state index contributed by atoms with van der Waals surface area (Å²) in [6.07, 6.45) is 5.34. The lowest BCUT2D eigenvalue weighted by molar-refractivity contribution is -0.697. The molecule has 5 heteroatoms. The van der Waals surface area contributed by atoms with Crippen LogP contribution in [0, 0.1) is 0 Å². The lowest BCUT2D eigenvalue weighted by Gasteiger charge is -2.27. The van der Waals surface area contributed by atoms with Gasteiger partial charge < -0.3 is 5.32 Å². The molecule has 5 nitrogen and oxygen atoms in total. The van der Waals surface area contributed by atoms with E-state index in [0.29, 0.717) is 0 Å². The topological polar surface area (TPSA) is 35.3 Å². The minimum absolute atomic E-state index is 0.984. The summed E-state index contributed by atoms with van der Waals surface area (Å²) in [5, 5.41) is 5.72. The van der Waals surface area contributed by atoms with Gasteiger partial charge in [-0.1, -0.05) is 0 Å². The summed E-state index contributed by atoms with van der Waals surface area (Å²) < 4.78 is 2.17. The second-order valence-corrected chi connectivity index (χ2v) is 4.92. The van der Waals surface area contributed by atoms with Gasteiger partial charge in [0.15, 0.2) is 5.69 Å². The van der Waals surface area contributed by atoms with Crippen molar-refractivity contribution in [2.75, 3.05) is 44.8 Å². The quantitative estimate of drug-likeness (QED) is 0.626. The Bertz CT molecular complexity index is 400. The molecule has 3 rings (SSSR count). The molecule has 92 valence electrons. The summed E-state index contributed by atoms with van der Waals surface area (Å²) >= 11 is 0. The molecular weight excluding hydrogens is 214 g/mol. The Morgan fingerprint density at radius 1 is 1.29 bits per heavy atom. The lowest BCUT2D eigenvalue weighted by atomic mass is 10.1. The Kier molecular flexibility index (Phi) is 2.94. The van der Waals surface area contributed by atoms with Crippen LogP contribution in [0.1, 0.15) is 11.3 Å². The SMILES string of the molecule is CN1CCc2c[n+](N3CCNCC3)cnc2C1. The van der Waals surface area contributed by atoms with Crippen LogP contribution in [0.25, 0.3) is 0 Å². The van der Waals surface area contributed by atoms with Gasteiger partial charge in [-0.3, -0.25) is 4.90 Å². The van der Waals surface area contributed by atoms with Crippen LogP contribution in [-0.2, 0) is 13.0 Å². The molecule has 0 radical (unpaired) electrons. The van der Waals surface area contributed by atoms with E-state index < -0.39 is 0 Å². The molecule has 0 bridgehead atoms. The highest BCUT2D eigenvalue weighted by Crippen LogP contribution is 2.12. The standard InChI is InChI=1S/C12H20N5/c1-15-5-2-11-8-17(10-14-12(11)9-15)16-6-3-13-4-7-16/h8,10,13H,2-7,9H2,1H3/q+1. The molecule has 1 N–H and O–H groups in total. The van der Waals surface area contributed by atoms with Crippen LogP contribution in [0.2, 0.25) is 0 Å². The highest BCUT2D eigenvalue weighted by molar-refractivity contribution is 5.17. The van der Waals surface area contributed by atoms with Gasteiger partial charge in [0.25, 0.3) is 0 Å². The van der Waals surface area contributed by atoms with Crippen LogP contribution >= 0.6 is 0 Å². The zero-order valence-corrected chi connectivity index (χ0v) is 10.4. The number of rotatable bonds is 1. The number of nitrogens with zero attached hydrogens (tertiary/aromatic N) is 4. The number of hydrogen-bond donors (Lipinski definition) is 1. The van der Waals surface area contributed by atoms with E-state index in [1.807, 2.05) is 6.33 Å². The van der Waals surface area contributed by atoms with E-state index in [-0.39, 0.29) is 0 Å². The molecule has 1 aromatic rings. The Morgan fingerprint density at radius 2 is 2.12 bits per heavy atom. The molecule has 2 aliphatic rings. The number of fused-ring (bicyclic) bond motifs is 1. The molecule has 1 saturated heterocycles. The predicted molar refractivity (Wildman–Crippen MR) is 65.3 cm³/mol. The van der Waals surface area contributed by atoms with Crippen LogP contribution in [0.3, 0.4) is 0 Å². The molecule has 2 aliphatic heterocycles. The predicted octanol–water partition coefficient (Wildman–Crippen LogP) is -1.10. The summed E-state index contributed by atoms with van der Waals surface area (Å²) in [7, 11) is 2.15. The van der Waals surface area contributed by atoms with Gasteiger partial charge in [0.1, 0.15) is 6.20 Å². The molecule has 0 aliphatic carbocycles. The largest absolute Gasteiger partial charge is 0.313 e. The number of hydrogen-bond acceptors (Lipinski definition) is 4. The van der Waals surface area contributed by atoms with E-state index in [9.17, 15) is 0 Å². The zero-order chi connectivity index (χ0) is 11.7. The van der Waals surface area contributed by atoms with Crippen molar-refractivity contribution in [3.05, 3.63) is 23.8 Å². The number of nitrogens with one attached hydrogen (secondary N) is 1. The van der Waals surface area contributed by atoms with E-state index in [0.717, 1.165) is 45.7 Å². The van der Waals surface area contributed by atoms with E-state index in [2.05, 4.69) is 38.1 Å². The Labute approximate surface area is 102 Å². The first-order valence-electron chi connectivity index (χ1n) is 6.36. The van der Waals surface area contributed by atoms with Crippen molar-refractivity contribution in [1.29, 1.82) is 0 Å². The summed E-state index contributed by atoms with van der Waals surface area (Å²) in [6, 6.07) is 0. The average Bonchev–Trinajstić information content (AvgIpc) is 2.39. The van der Waals surface area contributed by atoms with Crippen LogP contribution in [0.15, 0.2) is 12.5 Å². The monoisotopic (exact) mass is 234 g/mol. The van der Waals surface area contributed by atoms with E-state index in [1.165, 1.54) is 11.3 Å². The van der Waals surface area contributed by atoms with E-state index >= 15 is 0 Å². The fraction of sp³-hybridized carbons (Fsp3) is 0.667. The molecule has 0 aromatic carbocycles. The average molecular weight is 234 g/mol. The van der Waals surface area contributed by atoms with Gasteiger partial charge in [0, 0.05) is 25.2 Å². The summed E-state index contributed by atoms with van der Waals surface area (Å²) in [4.78, 5) is 6.93. The fourth-order valence-corrected chi connectivity index (χ4v) is 2.52. The van der Waals surface area contributed by atoms with Crippen LogP contribution in [-0.4, -0.2) is 49.7 Å². The third-order valence-corrected chi connectivity index (χ3v) is 3.59. The molecule has 3 heterocycles. The van der Waals surface area contributed by atoms with Crippen LogP contribution < -0.4 is 15.0 Å². The second-order valence-electron chi connectivity index (χ2n) is 4.92. The van der Waals surface area contributed by atoms with Gasteiger partial charge in [0.05, 0.1) is 19.6 Å². The Balaban J connectivity index is 1.82. The van der Waals surface area contributed by atoms with Crippen molar-refractivity contribution in [3.63, 3.8) is 0 Å². The normalized spacial score (nSPS) is 21.4. The molecule has 0 saturated carbocycles. The third-order valence-electron chi connectivity index (χ3n) is 3.59. The molecule has 0 unspecified atom stereocenters. The van der Waals surface area contributed by atoms with Gasteiger partial charge in [-0.25, -0.2) is 5.01 Å². The van der Waals surface area contributed by atoms with Crippen molar-refractivity contribution in [2.45, 2.75) is 13.0 Å². The minimum atomic E-state index is 0.984. The summed E-state index contributed by atoms with van der Waals surface area (Å²) in [6.45, 7) is 6.37. The minimum Gasteiger partial charge on any atom is -0.313 e. The first-order valence-corrected chi connectivity index (χ1v) is 6.36. The first kappa shape index (κ1) is 10.9.